The van der Waals surface area contributed by atoms with Crippen molar-refractivity contribution in [2.75, 3.05) is 40.8 Å². The topological polar surface area (TPSA) is 84.7 Å². The largest absolute Gasteiger partial charge is 0.492 e. The molecule has 0 saturated heterocycles. The third-order valence-corrected chi connectivity index (χ3v) is 7.34. The van der Waals surface area contributed by atoms with Crippen LogP contribution in [0.2, 0.25) is 0 Å². The van der Waals surface area contributed by atoms with Gasteiger partial charge in [-0.2, -0.15) is 0 Å². The number of terminal acetylenes is 1. The van der Waals surface area contributed by atoms with Crippen LogP contribution in [-0.4, -0.2) is 74.0 Å². The Labute approximate surface area is 238 Å². The summed E-state index contributed by atoms with van der Waals surface area (Å²) in [5.41, 5.74) is 7.36. The number of nitrogens with zero attached hydrogens (tertiary/aromatic N) is 4. The van der Waals surface area contributed by atoms with Gasteiger partial charge in [0, 0.05) is 62.8 Å². The lowest BCUT2D eigenvalue weighted by molar-refractivity contribution is 0.0392. The van der Waals surface area contributed by atoms with Gasteiger partial charge < -0.3 is 25.1 Å². The van der Waals surface area contributed by atoms with Gasteiger partial charge in [0.05, 0.1) is 30.5 Å². The third-order valence-electron chi connectivity index (χ3n) is 7.34. The van der Waals surface area contributed by atoms with E-state index in [-0.39, 0.29) is 12.4 Å². The van der Waals surface area contributed by atoms with E-state index in [1.54, 1.807) is 19.2 Å². The minimum atomic E-state index is -0.761. The molecule has 1 aromatic carbocycles. The van der Waals surface area contributed by atoms with E-state index in [4.69, 9.17) is 11.2 Å². The summed E-state index contributed by atoms with van der Waals surface area (Å²) in [7, 11) is 5.61. The van der Waals surface area contributed by atoms with Gasteiger partial charge in [-0.05, 0) is 49.6 Å². The molecule has 2 aliphatic rings. The molecular weight excluding hydrogens is 507 g/mol. The van der Waals surface area contributed by atoms with Crippen molar-refractivity contribution in [3.05, 3.63) is 58.3 Å². The zero-order chi connectivity index (χ0) is 29.6. The molecule has 2 heterocycles. The number of hydrazine groups is 1. The Balaban J connectivity index is 1.91. The predicted octanol–water partition coefficient (Wildman–Crippen LogP) is 4.10. The standard InChI is InChI=1S/C31H43FN6O2/c1-10-23(30(39)31(4,5)6)24(21(3)37(9)34-8)13-14-40-29-20(2)26(32)12-11-25(29)27-19-38-18-22(15-33-7)16-36-28(38)17-35-27/h1,11-12,16-17,19,23,30,33-34,39H,13-15,18H2,2-9H3/b24-21-. The molecular formula is C31H43FN6O2. The smallest absolute Gasteiger partial charge is 0.151 e. The summed E-state index contributed by atoms with van der Waals surface area (Å²) in [5, 5.41) is 16.1. The summed E-state index contributed by atoms with van der Waals surface area (Å²) < 4.78 is 21.1. The highest BCUT2D eigenvalue weighted by atomic mass is 19.1. The van der Waals surface area contributed by atoms with Crippen LogP contribution in [0.1, 0.15) is 45.2 Å². The number of amidine groups is 1. The van der Waals surface area contributed by atoms with E-state index < -0.39 is 17.4 Å². The molecule has 2 unspecified atom stereocenters. The van der Waals surface area contributed by atoms with Crippen molar-refractivity contribution in [1.29, 1.82) is 0 Å². The molecule has 0 saturated carbocycles. The van der Waals surface area contributed by atoms with Gasteiger partial charge in [0.1, 0.15) is 11.6 Å². The normalized spacial score (nSPS) is 17.1. The van der Waals surface area contributed by atoms with Crippen LogP contribution in [0.15, 0.2) is 51.4 Å². The number of rotatable bonds is 11. The summed E-state index contributed by atoms with van der Waals surface area (Å²) in [4.78, 5) is 11.1. The number of likely N-dealkylation sites (N-methyl/N-ethyl adjacent to an activating group) is 1. The molecule has 216 valence electrons. The van der Waals surface area contributed by atoms with Crippen molar-refractivity contribution in [3.63, 3.8) is 0 Å². The first kappa shape index (κ1) is 31.1. The highest BCUT2D eigenvalue weighted by Gasteiger charge is 2.33. The number of aliphatic hydroxyl groups excluding tert-OH is 1. The van der Waals surface area contributed by atoms with Crippen LogP contribution in [0.3, 0.4) is 0 Å². The molecule has 2 aliphatic heterocycles. The second-order valence-electron chi connectivity index (χ2n) is 11.2. The molecule has 0 bridgehead atoms. The molecule has 8 nitrogen and oxygen atoms in total. The quantitative estimate of drug-likeness (QED) is 0.284. The van der Waals surface area contributed by atoms with Crippen molar-refractivity contribution in [2.45, 2.75) is 47.1 Å². The summed E-state index contributed by atoms with van der Waals surface area (Å²) in [6.45, 7) is 11.2. The number of allylic oxidation sites excluding steroid dienone is 1. The molecule has 0 fully saturated rings. The molecule has 0 radical (unpaired) electrons. The van der Waals surface area contributed by atoms with Gasteiger partial charge >= 0.3 is 0 Å². The maximum absolute atomic E-state index is 14.8. The van der Waals surface area contributed by atoms with Gasteiger partial charge in [0.2, 0.25) is 0 Å². The number of benzene rings is 1. The van der Waals surface area contributed by atoms with E-state index in [0.29, 0.717) is 35.5 Å². The molecule has 40 heavy (non-hydrogen) atoms. The van der Waals surface area contributed by atoms with Crippen LogP contribution in [-0.2, 0) is 0 Å². The van der Waals surface area contributed by atoms with Gasteiger partial charge in [-0.3, -0.25) is 4.99 Å². The molecule has 1 aromatic rings. The van der Waals surface area contributed by atoms with Gasteiger partial charge in [0.25, 0.3) is 0 Å². The molecule has 0 amide bonds. The number of fused-ring (bicyclic) bond motifs is 1. The van der Waals surface area contributed by atoms with Crippen molar-refractivity contribution in [1.82, 2.24) is 20.7 Å². The lowest BCUT2D eigenvalue weighted by Crippen LogP contribution is -2.37. The van der Waals surface area contributed by atoms with E-state index in [0.717, 1.165) is 29.2 Å². The first-order valence-electron chi connectivity index (χ1n) is 13.5. The third kappa shape index (κ3) is 7.00. The molecule has 0 spiro atoms. The Morgan fingerprint density at radius 3 is 2.67 bits per heavy atom. The number of aliphatic hydroxyl groups is 1. The van der Waals surface area contributed by atoms with Crippen LogP contribution in [0.25, 0.3) is 5.70 Å². The minimum Gasteiger partial charge on any atom is -0.492 e. The zero-order valence-electron chi connectivity index (χ0n) is 25.0. The van der Waals surface area contributed by atoms with Gasteiger partial charge in [-0.25, -0.2) is 14.8 Å². The Kier molecular flexibility index (Phi) is 10.3. The summed E-state index contributed by atoms with van der Waals surface area (Å²) in [6, 6.07) is 3.13. The van der Waals surface area contributed by atoms with E-state index >= 15 is 0 Å². The van der Waals surface area contributed by atoms with Crippen LogP contribution < -0.4 is 15.5 Å². The van der Waals surface area contributed by atoms with Crippen LogP contribution >= 0.6 is 0 Å². The number of ether oxygens (including phenoxy) is 1. The van der Waals surface area contributed by atoms with Gasteiger partial charge in [-0.1, -0.05) is 26.7 Å². The van der Waals surface area contributed by atoms with Crippen molar-refractivity contribution in [2.24, 2.45) is 21.3 Å². The monoisotopic (exact) mass is 550 g/mol. The Hall–Kier alpha value is -3.45. The summed E-state index contributed by atoms with van der Waals surface area (Å²) in [5.74, 6) is 3.11. The second-order valence-corrected chi connectivity index (χ2v) is 11.2. The number of nitrogens with one attached hydrogen (secondary N) is 2. The lowest BCUT2D eigenvalue weighted by atomic mass is 9.77. The van der Waals surface area contributed by atoms with E-state index in [9.17, 15) is 9.50 Å². The fraction of sp³-hybridized carbons (Fsp3) is 0.484. The number of hydrogen-bond donors (Lipinski definition) is 3. The van der Waals surface area contributed by atoms with Crippen molar-refractivity contribution in [3.8, 4) is 18.1 Å². The lowest BCUT2D eigenvalue weighted by Gasteiger charge is -2.34. The summed E-state index contributed by atoms with van der Waals surface area (Å²) in [6.07, 6.45) is 11.1. The molecule has 2 atom stereocenters. The van der Waals surface area contributed by atoms with E-state index in [1.165, 1.54) is 6.07 Å². The highest BCUT2D eigenvalue weighted by molar-refractivity contribution is 6.32. The SMILES string of the molecule is C#CC(/C(CCOc1c(C2=CN3CC(CNC)=CN=C3C=N2)ccc(F)c1C)=C(/C)N(C)NC)C(O)C(C)(C)C. The first-order valence-corrected chi connectivity index (χ1v) is 13.5. The zero-order valence-corrected chi connectivity index (χ0v) is 25.0. The average molecular weight is 551 g/mol. The Morgan fingerprint density at radius 1 is 1.32 bits per heavy atom. The van der Waals surface area contributed by atoms with Crippen LogP contribution in [0, 0.1) is 36.4 Å². The predicted molar refractivity (Wildman–Crippen MR) is 161 cm³/mol. The number of halogens is 1. The molecule has 0 aromatic heterocycles. The highest BCUT2D eigenvalue weighted by Crippen LogP contribution is 2.36. The van der Waals surface area contributed by atoms with E-state index in [1.807, 2.05) is 71.1 Å². The van der Waals surface area contributed by atoms with Gasteiger partial charge in [-0.15, -0.1) is 6.42 Å². The average Bonchev–Trinajstić information content (AvgIpc) is 2.93. The fourth-order valence-electron chi connectivity index (χ4n) is 4.71. The first-order chi connectivity index (χ1) is 18.9. The van der Waals surface area contributed by atoms with Crippen LogP contribution in [0.4, 0.5) is 4.39 Å². The maximum atomic E-state index is 14.8. The fourth-order valence-corrected chi connectivity index (χ4v) is 4.71. The van der Waals surface area contributed by atoms with Crippen molar-refractivity contribution < 1.29 is 14.2 Å². The van der Waals surface area contributed by atoms with Crippen LogP contribution in [0.5, 0.6) is 5.75 Å². The molecule has 3 rings (SSSR count). The summed E-state index contributed by atoms with van der Waals surface area (Å²) >= 11 is 0. The second kappa shape index (κ2) is 13.3. The maximum Gasteiger partial charge on any atom is 0.151 e. The van der Waals surface area contributed by atoms with Gasteiger partial charge in [0.15, 0.2) is 5.84 Å². The molecule has 9 heteroatoms. The molecule has 3 N–H and O–H groups in total. The Morgan fingerprint density at radius 2 is 2.05 bits per heavy atom. The number of aliphatic imine (C=N–C) groups is 2. The Bertz CT molecular complexity index is 1280. The number of hydrogen-bond acceptors (Lipinski definition) is 8. The van der Waals surface area contributed by atoms with Crippen molar-refractivity contribution >= 4 is 17.7 Å². The minimum absolute atomic E-state index is 0.235. The van der Waals surface area contributed by atoms with E-state index in [2.05, 4.69) is 26.6 Å². The molecule has 0 aliphatic carbocycles.